The second-order valence-corrected chi connectivity index (χ2v) is 6.59. The zero-order valence-electron chi connectivity index (χ0n) is 13.8. The van der Waals surface area contributed by atoms with E-state index < -0.39 is 0 Å². The molecule has 0 spiro atoms. The first-order valence-electron chi connectivity index (χ1n) is 7.62. The molecule has 0 radical (unpaired) electrons. The van der Waals surface area contributed by atoms with E-state index in [1.807, 2.05) is 20.2 Å². The lowest BCUT2D eigenvalue weighted by Crippen LogP contribution is -2.20. The number of rotatable bonds is 4. The lowest BCUT2D eigenvalue weighted by molar-refractivity contribution is -0.144. The van der Waals surface area contributed by atoms with Gasteiger partial charge in [0.2, 0.25) is 5.91 Å². The largest absolute Gasteiger partial charge is 0.465 e. The average Bonchev–Trinajstić information content (AvgIpc) is 3.00. The summed E-state index contributed by atoms with van der Waals surface area (Å²) in [6, 6.07) is 0. The first kappa shape index (κ1) is 16.6. The first-order valence-corrected chi connectivity index (χ1v) is 8.67. The van der Waals surface area contributed by atoms with E-state index in [2.05, 4.69) is 15.5 Å². The number of fused-ring (bicyclic) bond motifs is 1. The van der Waals surface area contributed by atoms with Crippen molar-refractivity contribution in [2.24, 2.45) is 7.05 Å². The van der Waals surface area contributed by atoms with Gasteiger partial charge in [-0.25, -0.2) is 4.68 Å². The lowest BCUT2D eigenvalue weighted by atomic mass is 10.1. The topological polar surface area (TPSA) is 91.0 Å². The Labute approximate surface area is 143 Å². The molecule has 0 aromatic carbocycles. The molecule has 0 saturated heterocycles. The van der Waals surface area contributed by atoms with Gasteiger partial charge in [-0.15, -0.1) is 11.8 Å². The number of aromatic nitrogens is 4. The average molecular weight is 349 g/mol. The normalized spacial score (nSPS) is 17.1. The molecule has 1 aliphatic rings. The first-order chi connectivity index (χ1) is 11.5. The number of aryl methyl sites for hydroxylation is 2. The van der Waals surface area contributed by atoms with Gasteiger partial charge in [-0.05, 0) is 13.8 Å². The SMILES string of the molecule is CCOC(=O)Cn1nc(C)c2c1NC(=O)CS[C@H]2c1cnn(C)c1. The number of esters is 1. The summed E-state index contributed by atoms with van der Waals surface area (Å²) >= 11 is 1.52. The number of hydrogen-bond donors (Lipinski definition) is 1. The van der Waals surface area contributed by atoms with Crippen molar-refractivity contribution >= 4 is 29.5 Å². The Kier molecular flexibility index (Phi) is 4.61. The molecule has 9 heteroatoms. The van der Waals surface area contributed by atoms with Crippen LogP contribution >= 0.6 is 11.8 Å². The van der Waals surface area contributed by atoms with Crippen LogP contribution in [0.4, 0.5) is 5.82 Å². The van der Waals surface area contributed by atoms with Crippen LogP contribution in [-0.4, -0.2) is 43.8 Å². The smallest absolute Gasteiger partial charge is 0.327 e. The van der Waals surface area contributed by atoms with Gasteiger partial charge in [0.15, 0.2) is 0 Å². The van der Waals surface area contributed by atoms with Gasteiger partial charge in [-0.1, -0.05) is 0 Å². The van der Waals surface area contributed by atoms with Crippen molar-refractivity contribution in [2.75, 3.05) is 17.7 Å². The summed E-state index contributed by atoms with van der Waals surface area (Å²) in [5, 5.41) is 11.5. The molecule has 0 saturated carbocycles. The molecular formula is C15H19N5O3S. The zero-order valence-corrected chi connectivity index (χ0v) is 14.6. The zero-order chi connectivity index (χ0) is 17.3. The fraction of sp³-hybridized carbons (Fsp3) is 0.467. The van der Waals surface area contributed by atoms with Crippen LogP contribution in [0.3, 0.4) is 0 Å². The van der Waals surface area contributed by atoms with Crippen LogP contribution in [0.15, 0.2) is 12.4 Å². The number of ether oxygens (including phenoxy) is 1. The molecule has 0 unspecified atom stereocenters. The van der Waals surface area contributed by atoms with Crippen LogP contribution in [0.25, 0.3) is 0 Å². The van der Waals surface area contributed by atoms with Gasteiger partial charge >= 0.3 is 5.97 Å². The van der Waals surface area contributed by atoms with Crippen molar-refractivity contribution in [2.45, 2.75) is 25.6 Å². The molecular weight excluding hydrogens is 330 g/mol. The second kappa shape index (κ2) is 6.68. The summed E-state index contributed by atoms with van der Waals surface area (Å²) in [5.74, 6) is 0.390. The standard InChI is InChI=1S/C15H19N5O3S/c1-4-23-12(22)7-20-15-13(9(2)18-20)14(24-8-11(21)17-15)10-5-16-19(3)6-10/h5-6,14H,4,7-8H2,1-3H3,(H,17,21)/t14-/m0/s1. The maximum atomic E-state index is 12.1. The van der Waals surface area contributed by atoms with Crippen LogP contribution in [0.2, 0.25) is 0 Å². The summed E-state index contributed by atoms with van der Waals surface area (Å²) in [7, 11) is 1.85. The molecule has 3 heterocycles. The minimum atomic E-state index is -0.383. The van der Waals surface area contributed by atoms with E-state index in [1.54, 1.807) is 17.8 Å². The monoisotopic (exact) mass is 349 g/mol. The third kappa shape index (κ3) is 3.16. The molecule has 1 amide bonds. The van der Waals surface area contributed by atoms with Crippen LogP contribution < -0.4 is 5.32 Å². The highest BCUT2D eigenvalue weighted by molar-refractivity contribution is 8.00. The van der Waals surface area contributed by atoms with Crippen LogP contribution in [0, 0.1) is 6.92 Å². The quantitative estimate of drug-likeness (QED) is 0.836. The maximum Gasteiger partial charge on any atom is 0.327 e. The summed E-state index contributed by atoms with van der Waals surface area (Å²) in [6.45, 7) is 3.90. The molecule has 1 aliphatic heterocycles. The Morgan fingerprint density at radius 1 is 1.54 bits per heavy atom. The van der Waals surface area contributed by atoms with Crippen molar-refractivity contribution in [1.29, 1.82) is 0 Å². The number of hydrogen-bond acceptors (Lipinski definition) is 6. The highest BCUT2D eigenvalue weighted by Gasteiger charge is 2.31. The molecule has 0 fully saturated rings. The Bertz CT molecular complexity index is 782. The fourth-order valence-electron chi connectivity index (χ4n) is 2.73. The third-order valence-electron chi connectivity index (χ3n) is 3.69. The second-order valence-electron chi connectivity index (χ2n) is 5.50. The number of carbonyl (C=O) groups is 2. The molecule has 128 valence electrons. The van der Waals surface area contributed by atoms with Crippen LogP contribution in [0.1, 0.15) is 29.0 Å². The number of nitrogens with one attached hydrogen (secondary N) is 1. The molecule has 0 aliphatic carbocycles. The third-order valence-corrected chi connectivity index (χ3v) is 4.96. The van der Waals surface area contributed by atoms with Gasteiger partial charge in [-0.3, -0.25) is 14.3 Å². The van der Waals surface area contributed by atoms with Gasteiger partial charge in [0.1, 0.15) is 12.4 Å². The number of amides is 1. The summed E-state index contributed by atoms with van der Waals surface area (Å²) in [4.78, 5) is 23.9. The number of thioether (sulfide) groups is 1. The Morgan fingerprint density at radius 2 is 2.33 bits per heavy atom. The van der Waals surface area contributed by atoms with E-state index in [1.165, 1.54) is 16.4 Å². The molecule has 0 bridgehead atoms. The predicted octanol–water partition coefficient (Wildman–Crippen LogP) is 1.26. The molecule has 1 atom stereocenters. The molecule has 1 N–H and O–H groups in total. The van der Waals surface area contributed by atoms with Crippen molar-refractivity contribution in [3.8, 4) is 0 Å². The van der Waals surface area contributed by atoms with E-state index in [9.17, 15) is 9.59 Å². The number of nitrogens with zero attached hydrogens (tertiary/aromatic N) is 4. The minimum absolute atomic E-state index is 0.0330. The lowest BCUT2D eigenvalue weighted by Gasteiger charge is -2.12. The Balaban J connectivity index is 2.03. The van der Waals surface area contributed by atoms with Gasteiger partial charge in [0, 0.05) is 24.4 Å². The van der Waals surface area contributed by atoms with E-state index in [0.29, 0.717) is 18.2 Å². The highest BCUT2D eigenvalue weighted by atomic mass is 32.2. The van der Waals surface area contributed by atoms with Crippen LogP contribution in [-0.2, 0) is 27.9 Å². The number of carbonyl (C=O) groups excluding carboxylic acids is 2. The van der Waals surface area contributed by atoms with Gasteiger partial charge in [-0.2, -0.15) is 10.2 Å². The molecule has 2 aromatic heterocycles. The Hall–Kier alpha value is -2.29. The van der Waals surface area contributed by atoms with Crippen molar-refractivity contribution in [1.82, 2.24) is 19.6 Å². The van der Waals surface area contributed by atoms with Gasteiger partial charge in [0.05, 0.1) is 29.5 Å². The summed E-state index contributed by atoms with van der Waals surface area (Å²) in [6.07, 6.45) is 3.72. The minimum Gasteiger partial charge on any atom is -0.465 e. The van der Waals surface area contributed by atoms with Crippen molar-refractivity contribution in [3.63, 3.8) is 0 Å². The van der Waals surface area contributed by atoms with E-state index in [-0.39, 0.29) is 23.7 Å². The van der Waals surface area contributed by atoms with Crippen LogP contribution in [0.5, 0.6) is 0 Å². The molecule has 3 rings (SSSR count). The highest BCUT2D eigenvalue weighted by Crippen LogP contribution is 2.42. The fourth-order valence-corrected chi connectivity index (χ4v) is 3.89. The summed E-state index contributed by atoms with van der Waals surface area (Å²) < 4.78 is 8.23. The van der Waals surface area contributed by atoms with E-state index >= 15 is 0 Å². The Morgan fingerprint density at radius 3 is 3.00 bits per heavy atom. The number of anilines is 1. The van der Waals surface area contributed by atoms with Crippen molar-refractivity contribution < 1.29 is 14.3 Å². The van der Waals surface area contributed by atoms with Gasteiger partial charge < -0.3 is 10.1 Å². The predicted molar refractivity (Wildman–Crippen MR) is 89.7 cm³/mol. The molecule has 8 nitrogen and oxygen atoms in total. The van der Waals surface area contributed by atoms with E-state index in [4.69, 9.17) is 4.74 Å². The van der Waals surface area contributed by atoms with Crippen molar-refractivity contribution in [3.05, 3.63) is 29.2 Å². The molecule has 2 aromatic rings. The maximum absolute atomic E-state index is 12.1. The van der Waals surface area contributed by atoms with E-state index in [0.717, 1.165) is 16.8 Å². The molecule has 24 heavy (non-hydrogen) atoms. The van der Waals surface area contributed by atoms with Gasteiger partial charge in [0.25, 0.3) is 0 Å². The summed E-state index contributed by atoms with van der Waals surface area (Å²) in [5.41, 5.74) is 2.68.